The van der Waals surface area contributed by atoms with Crippen LogP contribution in [0.3, 0.4) is 0 Å². The molecule has 1 aromatic carbocycles. The van der Waals surface area contributed by atoms with Crippen LogP contribution in [0.15, 0.2) is 22.7 Å². The maximum atomic E-state index is 5.85. The van der Waals surface area contributed by atoms with Crippen molar-refractivity contribution in [2.24, 2.45) is 5.73 Å². The molecule has 0 aliphatic carbocycles. The van der Waals surface area contributed by atoms with Crippen molar-refractivity contribution in [2.75, 3.05) is 24.6 Å². The average molecular weight is 327 g/mol. The van der Waals surface area contributed by atoms with Crippen LogP contribution < -0.4 is 10.6 Å². The van der Waals surface area contributed by atoms with Gasteiger partial charge in [0.15, 0.2) is 0 Å². The highest BCUT2D eigenvalue weighted by atomic mass is 79.9. The highest BCUT2D eigenvalue weighted by Crippen LogP contribution is 2.29. The first kappa shape index (κ1) is 14.8. The van der Waals surface area contributed by atoms with Crippen LogP contribution in [0.25, 0.3) is 0 Å². The molecular weight excluding hydrogens is 304 g/mol. The van der Waals surface area contributed by atoms with Gasteiger partial charge in [-0.3, -0.25) is 0 Å². The fourth-order valence-electron chi connectivity index (χ4n) is 2.52. The third kappa shape index (κ3) is 4.20. The molecule has 2 unspecified atom stereocenters. The van der Waals surface area contributed by atoms with E-state index in [9.17, 15) is 0 Å². The predicted octanol–water partition coefficient (Wildman–Crippen LogP) is 2.95. The zero-order chi connectivity index (χ0) is 13.8. The van der Waals surface area contributed by atoms with Gasteiger partial charge in [-0.25, -0.2) is 0 Å². The average Bonchev–Trinajstić information content (AvgIpc) is 2.53. The molecule has 1 saturated heterocycles. The normalized spacial score (nSPS) is 22.1. The van der Waals surface area contributed by atoms with Crippen molar-refractivity contribution in [3.05, 3.63) is 28.2 Å². The molecule has 1 aliphatic heterocycles. The number of ether oxygens (including phenoxy) is 1. The van der Waals surface area contributed by atoms with Gasteiger partial charge in [0.05, 0.1) is 11.8 Å². The molecule has 3 nitrogen and oxygen atoms in total. The van der Waals surface area contributed by atoms with Gasteiger partial charge < -0.3 is 15.4 Å². The minimum atomic E-state index is 0.198. The maximum absolute atomic E-state index is 5.85. The van der Waals surface area contributed by atoms with E-state index in [-0.39, 0.29) is 12.1 Å². The highest BCUT2D eigenvalue weighted by Gasteiger charge is 2.17. The molecule has 1 aliphatic rings. The number of halogens is 1. The Labute approximate surface area is 124 Å². The molecule has 19 heavy (non-hydrogen) atoms. The Bertz CT molecular complexity index is 423. The number of hydrogen-bond donors (Lipinski definition) is 1. The first-order valence-corrected chi connectivity index (χ1v) is 7.76. The molecule has 1 aromatic rings. The summed E-state index contributed by atoms with van der Waals surface area (Å²) in [4.78, 5) is 2.40. The molecule has 0 aromatic heterocycles. The van der Waals surface area contributed by atoms with Gasteiger partial charge in [0, 0.05) is 30.2 Å². The van der Waals surface area contributed by atoms with Crippen LogP contribution in [-0.4, -0.2) is 31.8 Å². The number of hydrogen-bond acceptors (Lipinski definition) is 3. The van der Waals surface area contributed by atoms with E-state index in [2.05, 4.69) is 46.0 Å². The number of rotatable bonds is 3. The third-order valence-corrected chi connectivity index (χ3v) is 4.00. The van der Waals surface area contributed by atoms with Crippen LogP contribution in [0.4, 0.5) is 5.69 Å². The minimum absolute atomic E-state index is 0.198. The summed E-state index contributed by atoms with van der Waals surface area (Å²) >= 11 is 3.69. The molecule has 0 radical (unpaired) electrons. The van der Waals surface area contributed by atoms with Crippen LogP contribution in [0.2, 0.25) is 0 Å². The largest absolute Gasteiger partial charge is 0.377 e. The number of nitrogens with two attached hydrogens (primary N) is 1. The van der Waals surface area contributed by atoms with Crippen molar-refractivity contribution in [2.45, 2.75) is 38.8 Å². The lowest BCUT2D eigenvalue weighted by Gasteiger charge is -2.26. The summed E-state index contributed by atoms with van der Waals surface area (Å²) in [6.45, 7) is 7.03. The van der Waals surface area contributed by atoms with Crippen molar-refractivity contribution in [1.29, 1.82) is 0 Å². The van der Waals surface area contributed by atoms with E-state index in [1.54, 1.807) is 0 Å². The first-order valence-electron chi connectivity index (χ1n) is 6.97. The van der Waals surface area contributed by atoms with E-state index >= 15 is 0 Å². The smallest absolute Gasteiger partial charge is 0.0721 e. The topological polar surface area (TPSA) is 38.5 Å². The Kier molecular flexibility index (Phi) is 5.25. The molecule has 2 atom stereocenters. The molecule has 2 rings (SSSR count). The summed E-state index contributed by atoms with van der Waals surface area (Å²) in [5.41, 5.74) is 8.39. The van der Waals surface area contributed by atoms with Crippen LogP contribution in [0.5, 0.6) is 0 Å². The molecule has 1 heterocycles. The molecule has 0 spiro atoms. The summed E-state index contributed by atoms with van der Waals surface area (Å²) in [6, 6.07) is 6.76. The van der Waals surface area contributed by atoms with Crippen LogP contribution in [0.1, 0.15) is 25.8 Å². The van der Waals surface area contributed by atoms with Gasteiger partial charge >= 0.3 is 0 Å². The molecule has 106 valence electrons. The van der Waals surface area contributed by atoms with Gasteiger partial charge in [-0.15, -0.1) is 0 Å². The molecular formula is C15H23BrN2O. The van der Waals surface area contributed by atoms with E-state index in [1.807, 2.05) is 6.92 Å². The Morgan fingerprint density at radius 1 is 1.53 bits per heavy atom. The highest BCUT2D eigenvalue weighted by molar-refractivity contribution is 9.10. The van der Waals surface area contributed by atoms with Gasteiger partial charge in [0.1, 0.15) is 0 Å². The lowest BCUT2D eigenvalue weighted by atomic mass is 10.1. The summed E-state index contributed by atoms with van der Waals surface area (Å²) in [5.74, 6) is 0. The second-order valence-corrected chi connectivity index (χ2v) is 6.30. The van der Waals surface area contributed by atoms with Gasteiger partial charge in [-0.05, 0) is 60.3 Å². The van der Waals surface area contributed by atoms with E-state index in [1.165, 1.54) is 11.3 Å². The van der Waals surface area contributed by atoms with Crippen molar-refractivity contribution in [3.63, 3.8) is 0 Å². The standard InChI is InChI=1S/C15H23BrN2O/c1-11(17)8-13-4-5-15(14(16)9-13)18-6-3-7-19-12(2)10-18/h4-5,9,11-12H,3,6-8,10,17H2,1-2H3. The third-order valence-electron chi connectivity index (χ3n) is 3.36. The maximum Gasteiger partial charge on any atom is 0.0721 e. The molecule has 1 fully saturated rings. The molecule has 0 saturated carbocycles. The number of anilines is 1. The van der Waals surface area contributed by atoms with Gasteiger partial charge in [-0.2, -0.15) is 0 Å². The summed E-state index contributed by atoms with van der Waals surface area (Å²) in [7, 11) is 0. The monoisotopic (exact) mass is 326 g/mol. The second-order valence-electron chi connectivity index (χ2n) is 5.45. The van der Waals surface area contributed by atoms with Gasteiger partial charge in [0.2, 0.25) is 0 Å². The molecule has 0 amide bonds. The van der Waals surface area contributed by atoms with Crippen molar-refractivity contribution in [1.82, 2.24) is 0 Å². The Balaban J connectivity index is 2.15. The number of benzene rings is 1. The van der Waals surface area contributed by atoms with Crippen LogP contribution in [-0.2, 0) is 11.2 Å². The predicted molar refractivity (Wildman–Crippen MR) is 83.7 cm³/mol. The zero-order valence-corrected chi connectivity index (χ0v) is 13.3. The fraction of sp³-hybridized carbons (Fsp3) is 0.600. The SMILES string of the molecule is CC(N)Cc1ccc(N2CCCOC(C)C2)c(Br)c1. The Morgan fingerprint density at radius 3 is 3.00 bits per heavy atom. The van der Waals surface area contributed by atoms with E-state index in [0.29, 0.717) is 0 Å². The summed E-state index contributed by atoms with van der Waals surface area (Å²) < 4.78 is 6.85. The van der Waals surface area contributed by atoms with Crippen LogP contribution >= 0.6 is 15.9 Å². The fourth-order valence-corrected chi connectivity index (χ4v) is 3.20. The summed E-state index contributed by atoms with van der Waals surface area (Å²) in [6.07, 6.45) is 2.29. The lowest BCUT2D eigenvalue weighted by Crippen LogP contribution is -2.30. The van der Waals surface area contributed by atoms with E-state index < -0.39 is 0 Å². The first-order chi connectivity index (χ1) is 9.06. The lowest BCUT2D eigenvalue weighted by molar-refractivity contribution is 0.0821. The zero-order valence-electron chi connectivity index (χ0n) is 11.7. The van der Waals surface area contributed by atoms with Crippen molar-refractivity contribution in [3.8, 4) is 0 Å². The Hall–Kier alpha value is -0.580. The van der Waals surface area contributed by atoms with Crippen molar-refractivity contribution >= 4 is 21.6 Å². The number of nitrogens with zero attached hydrogens (tertiary/aromatic N) is 1. The minimum Gasteiger partial charge on any atom is -0.377 e. The van der Waals surface area contributed by atoms with E-state index in [4.69, 9.17) is 10.5 Å². The molecule has 4 heteroatoms. The van der Waals surface area contributed by atoms with Crippen molar-refractivity contribution < 1.29 is 4.74 Å². The molecule has 2 N–H and O–H groups in total. The second kappa shape index (κ2) is 6.73. The van der Waals surface area contributed by atoms with Gasteiger partial charge in [-0.1, -0.05) is 6.07 Å². The van der Waals surface area contributed by atoms with Gasteiger partial charge in [0.25, 0.3) is 0 Å². The van der Waals surface area contributed by atoms with E-state index in [0.717, 1.165) is 37.0 Å². The Morgan fingerprint density at radius 2 is 2.32 bits per heavy atom. The quantitative estimate of drug-likeness (QED) is 0.928. The molecule has 0 bridgehead atoms. The van der Waals surface area contributed by atoms with Crippen LogP contribution in [0, 0.1) is 0 Å². The summed E-state index contributed by atoms with van der Waals surface area (Å²) in [5, 5.41) is 0.